The molecule has 4 aromatic rings. The van der Waals surface area contributed by atoms with Crippen molar-refractivity contribution in [2.75, 3.05) is 13.1 Å². The van der Waals surface area contributed by atoms with E-state index in [0.717, 1.165) is 46.5 Å². The van der Waals surface area contributed by atoms with Gasteiger partial charge in [-0.1, -0.05) is 105 Å². The molecule has 4 unspecified atom stereocenters. The maximum Gasteiger partial charge on any atom is 0.261 e. The monoisotopic (exact) mass is 656 g/mol. The van der Waals surface area contributed by atoms with Crippen LogP contribution >= 0.6 is 0 Å². The lowest BCUT2D eigenvalue weighted by atomic mass is 9.89. The van der Waals surface area contributed by atoms with E-state index in [1.54, 1.807) is 24.3 Å². The number of aliphatic hydroxyl groups is 1. The second kappa shape index (κ2) is 14.6. The van der Waals surface area contributed by atoms with Crippen LogP contribution in [0, 0.1) is 5.92 Å². The van der Waals surface area contributed by atoms with E-state index in [4.69, 9.17) is 9.47 Å². The minimum atomic E-state index is -0.549. The van der Waals surface area contributed by atoms with Crippen molar-refractivity contribution in [3.63, 3.8) is 0 Å². The third kappa shape index (κ3) is 6.90. The second-order valence-electron chi connectivity index (χ2n) is 13.6. The fraction of sp³-hybridized carbons (Fsp3) is 0.333. The number of hydrogen-bond donors (Lipinski definition) is 1. The number of aliphatic hydroxyl groups excluding tert-OH is 1. The van der Waals surface area contributed by atoms with Crippen LogP contribution in [0.5, 0.6) is 0 Å². The van der Waals surface area contributed by atoms with E-state index >= 15 is 0 Å². The first kappa shape index (κ1) is 33.1. The standard InChI is InChI=1S/C42H44N2O5/c1-3-23-43(35-11-4-5-12-35)26-38-28(2)39(32-17-15-29(27-45)16-18-32)49-42(48-38)33-21-19-31(20-22-33)34-10-8-9-30(24-34)25-44-40(46)36-13-6-7-14-37(36)41(44)47/h3,6-10,13-22,24,28,35,38-39,42,45H,1,4-5,11-12,23,25-27H2,2H3. The van der Waals surface area contributed by atoms with Gasteiger partial charge in [0.25, 0.3) is 11.8 Å². The number of amides is 2. The number of hydrogen-bond acceptors (Lipinski definition) is 6. The Morgan fingerprint density at radius 3 is 2.14 bits per heavy atom. The summed E-state index contributed by atoms with van der Waals surface area (Å²) in [5.41, 5.74) is 6.70. The van der Waals surface area contributed by atoms with Crippen LogP contribution in [-0.2, 0) is 22.6 Å². The van der Waals surface area contributed by atoms with Gasteiger partial charge in [0.1, 0.15) is 0 Å². The average molecular weight is 657 g/mol. The molecule has 49 heavy (non-hydrogen) atoms. The van der Waals surface area contributed by atoms with Crippen molar-refractivity contribution < 1.29 is 24.2 Å². The van der Waals surface area contributed by atoms with Crippen molar-refractivity contribution in [3.8, 4) is 11.1 Å². The van der Waals surface area contributed by atoms with Crippen LogP contribution < -0.4 is 0 Å². The van der Waals surface area contributed by atoms with Gasteiger partial charge in [0.15, 0.2) is 6.29 Å². The molecule has 0 spiro atoms. The largest absolute Gasteiger partial charge is 0.392 e. The summed E-state index contributed by atoms with van der Waals surface area (Å²) < 4.78 is 13.5. The molecule has 1 saturated heterocycles. The molecule has 252 valence electrons. The number of ether oxygens (including phenoxy) is 2. The van der Waals surface area contributed by atoms with Gasteiger partial charge in [-0.25, -0.2) is 0 Å². The molecule has 4 aromatic carbocycles. The van der Waals surface area contributed by atoms with E-state index < -0.39 is 6.29 Å². The minimum Gasteiger partial charge on any atom is -0.392 e. The fourth-order valence-corrected chi connectivity index (χ4v) is 7.61. The molecule has 7 nitrogen and oxygen atoms in total. The second-order valence-corrected chi connectivity index (χ2v) is 13.6. The summed E-state index contributed by atoms with van der Waals surface area (Å²) in [6.45, 7) is 8.12. The Labute approximate surface area is 288 Å². The van der Waals surface area contributed by atoms with E-state index in [-0.39, 0.29) is 43.1 Å². The van der Waals surface area contributed by atoms with Gasteiger partial charge in [0.2, 0.25) is 0 Å². The van der Waals surface area contributed by atoms with E-state index in [9.17, 15) is 14.7 Å². The van der Waals surface area contributed by atoms with Crippen molar-refractivity contribution in [1.29, 1.82) is 0 Å². The van der Waals surface area contributed by atoms with E-state index in [1.165, 1.54) is 30.6 Å². The number of rotatable bonds is 11. The van der Waals surface area contributed by atoms with Gasteiger partial charge in [-0.2, -0.15) is 0 Å². The maximum absolute atomic E-state index is 13.0. The summed E-state index contributed by atoms with van der Waals surface area (Å²) in [5, 5.41) is 9.62. The Hall–Kier alpha value is -4.40. The average Bonchev–Trinajstić information content (AvgIpc) is 3.77. The predicted octanol–water partition coefficient (Wildman–Crippen LogP) is 7.86. The first-order valence-corrected chi connectivity index (χ1v) is 17.4. The molecule has 0 aromatic heterocycles. The van der Waals surface area contributed by atoms with Crippen molar-refractivity contribution in [1.82, 2.24) is 9.80 Å². The molecule has 1 saturated carbocycles. The van der Waals surface area contributed by atoms with E-state index in [2.05, 4.69) is 54.8 Å². The summed E-state index contributed by atoms with van der Waals surface area (Å²) in [6.07, 6.45) is 6.17. The van der Waals surface area contributed by atoms with E-state index in [1.807, 2.05) is 42.5 Å². The van der Waals surface area contributed by atoms with Crippen LogP contribution in [0.25, 0.3) is 11.1 Å². The highest BCUT2D eigenvalue weighted by Gasteiger charge is 2.40. The number of fused-ring (bicyclic) bond motifs is 1. The number of carbonyl (C=O) groups excluding carboxylic acids is 2. The molecule has 2 amide bonds. The van der Waals surface area contributed by atoms with Gasteiger partial charge in [-0.15, -0.1) is 6.58 Å². The molecule has 1 N–H and O–H groups in total. The highest BCUT2D eigenvalue weighted by Crippen LogP contribution is 2.42. The Morgan fingerprint density at radius 1 is 0.816 bits per heavy atom. The number of benzene rings is 4. The topological polar surface area (TPSA) is 79.3 Å². The molecule has 2 fully saturated rings. The smallest absolute Gasteiger partial charge is 0.261 e. The molecule has 0 radical (unpaired) electrons. The van der Waals surface area contributed by atoms with Gasteiger partial charge in [0.05, 0.1) is 36.5 Å². The third-order valence-electron chi connectivity index (χ3n) is 10.4. The van der Waals surface area contributed by atoms with Gasteiger partial charge >= 0.3 is 0 Å². The summed E-state index contributed by atoms with van der Waals surface area (Å²) in [5.74, 6) is -0.406. The Bertz CT molecular complexity index is 1760. The van der Waals surface area contributed by atoms with Crippen molar-refractivity contribution >= 4 is 11.8 Å². The van der Waals surface area contributed by atoms with Crippen LogP contribution in [0.2, 0.25) is 0 Å². The van der Waals surface area contributed by atoms with Gasteiger partial charge in [-0.3, -0.25) is 19.4 Å². The van der Waals surface area contributed by atoms with Crippen molar-refractivity contribution in [3.05, 3.63) is 143 Å². The van der Waals surface area contributed by atoms with Crippen LogP contribution in [0.3, 0.4) is 0 Å². The minimum absolute atomic E-state index is 0.00560. The molecule has 2 heterocycles. The molecular formula is C42H44N2O5. The molecule has 2 aliphatic heterocycles. The normalized spacial score (nSPS) is 22.6. The zero-order chi connectivity index (χ0) is 33.9. The summed E-state index contributed by atoms with van der Waals surface area (Å²) in [4.78, 5) is 29.8. The first-order chi connectivity index (χ1) is 23.9. The molecular weight excluding hydrogens is 612 g/mol. The summed E-state index contributed by atoms with van der Waals surface area (Å²) >= 11 is 0. The lowest BCUT2D eigenvalue weighted by Gasteiger charge is -2.43. The fourth-order valence-electron chi connectivity index (χ4n) is 7.61. The highest BCUT2D eigenvalue weighted by molar-refractivity contribution is 6.21. The van der Waals surface area contributed by atoms with Crippen LogP contribution in [0.1, 0.15) is 88.0 Å². The predicted molar refractivity (Wildman–Crippen MR) is 190 cm³/mol. The Balaban J connectivity index is 1.11. The lowest BCUT2D eigenvalue weighted by Crippen LogP contribution is -2.47. The molecule has 1 aliphatic carbocycles. The van der Waals surface area contributed by atoms with Crippen LogP contribution in [0.4, 0.5) is 0 Å². The Kier molecular flexibility index (Phi) is 9.87. The quantitative estimate of drug-likeness (QED) is 0.131. The highest BCUT2D eigenvalue weighted by atomic mass is 16.7. The van der Waals surface area contributed by atoms with Gasteiger partial charge in [0, 0.05) is 30.6 Å². The molecule has 0 bridgehead atoms. The van der Waals surface area contributed by atoms with Gasteiger partial charge in [-0.05, 0) is 58.9 Å². The molecule has 7 heteroatoms. The molecule has 3 aliphatic rings. The lowest BCUT2D eigenvalue weighted by molar-refractivity contribution is -0.276. The van der Waals surface area contributed by atoms with Crippen LogP contribution in [-0.4, -0.2) is 52.0 Å². The third-order valence-corrected chi connectivity index (χ3v) is 10.4. The number of carbonyl (C=O) groups is 2. The van der Waals surface area contributed by atoms with Crippen molar-refractivity contribution in [2.45, 2.75) is 70.3 Å². The van der Waals surface area contributed by atoms with Crippen molar-refractivity contribution in [2.24, 2.45) is 5.92 Å². The summed E-state index contributed by atoms with van der Waals surface area (Å²) in [7, 11) is 0. The maximum atomic E-state index is 13.0. The zero-order valence-electron chi connectivity index (χ0n) is 28.0. The Morgan fingerprint density at radius 2 is 1.49 bits per heavy atom. The molecule has 7 rings (SSSR count). The number of nitrogens with zero attached hydrogens (tertiary/aromatic N) is 2. The summed E-state index contributed by atoms with van der Waals surface area (Å²) in [6, 6.07) is 31.8. The van der Waals surface area contributed by atoms with Gasteiger partial charge < -0.3 is 14.6 Å². The first-order valence-electron chi connectivity index (χ1n) is 17.4. The van der Waals surface area contributed by atoms with E-state index in [0.29, 0.717) is 17.2 Å². The molecule has 4 atom stereocenters. The SMILES string of the molecule is C=CCN(CC1OC(c2ccc(-c3cccc(CN4C(=O)c5ccccc5C4=O)c3)cc2)OC(c2ccc(CO)cc2)C1C)C1CCCC1. The van der Waals surface area contributed by atoms with Crippen LogP contribution in [0.15, 0.2) is 110 Å². The number of imide groups is 1. The zero-order valence-corrected chi connectivity index (χ0v) is 28.0.